The van der Waals surface area contributed by atoms with E-state index in [2.05, 4.69) is 10.3 Å². The van der Waals surface area contributed by atoms with E-state index in [4.69, 9.17) is 0 Å². The number of pyridine rings is 1. The Morgan fingerprint density at radius 2 is 1.93 bits per heavy atom. The van der Waals surface area contributed by atoms with Gasteiger partial charge in [0.1, 0.15) is 10.6 Å². The van der Waals surface area contributed by atoms with Crippen molar-refractivity contribution in [3.63, 3.8) is 0 Å². The molecule has 0 aliphatic carbocycles. The highest BCUT2D eigenvalue weighted by molar-refractivity contribution is 7.89. The minimum Gasteiger partial charge on any atom is -0.384 e. The summed E-state index contributed by atoms with van der Waals surface area (Å²) in [6.07, 6.45) is 3.59. The lowest BCUT2D eigenvalue weighted by molar-refractivity contribution is -0.384. The zero-order valence-corrected chi connectivity index (χ0v) is 15.4. The summed E-state index contributed by atoms with van der Waals surface area (Å²) >= 11 is 0. The van der Waals surface area contributed by atoms with Crippen LogP contribution in [0.25, 0.3) is 0 Å². The van der Waals surface area contributed by atoms with Crippen LogP contribution in [0.4, 0.5) is 17.1 Å². The molecule has 10 heteroatoms. The van der Waals surface area contributed by atoms with E-state index in [9.17, 15) is 18.5 Å². The van der Waals surface area contributed by atoms with E-state index in [1.807, 2.05) is 4.90 Å². The van der Waals surface area contributed by atoms with Gasteiger partial charge in [-0.2, -0.15) is 4.31 Å². The number of anilines is 2. The molecule has 0 amide bonds. The number of aromatic nitrogens is 1. The van der Waals surface area contributed by atoms with Crippen LogP contribution < -0.4 is 10.2 Å². The number of nitro groups is 1. The third-order valence-corrected chi connectivity index (χ3v) is 6.86. The van der Waals surface area contributed by atoms with Gasteiger partial charge in [0.05, 0.1) is 4.92 Å². The van der Waals surface area contributed by atoms with E-state index >= 15 is 0 Å². The predicted molar refractivity (Wildman–Crippen MR) is 100 cm³/mol. The summed E-state index contributed by atoms with van der Waals surface area (Å²) in [6.45, 7) is 2.09. The van der Waals surface area contributed by atoms with Crippen LogP contribution in [0, 0.1) is 10.1 Å². The zero-order chi connectivity index (χ0) is 19.0. The molecule has 4 rings (SSSR count). The van der Waals surface area contributed by atoms with E-state index in [1.165, 1.54) is 28.8 Å². The molecule has 2 aliphatic rings. The van der Waals surface area contributed by atoms with Gasteiger partial charge < -0.3 is 10.2 Å². The van der Waals surface area contributed by atoms with E-state index < -0.39 is 10.0 Å². The minimum absolute atomic E-state index is 0.0704. The van der Waals surface area contributed by atoms with Gasteiger partial charge in [0.15, 0.2) is 0 Å². The summed E-state index contributed by atoms with van der Waals surface area (Å²) in [5.41, 5.74) is 2.54. The van der Waals surface area contributed by atoms with Crippen molar-refractivity contribution >= 4 is 27.1 Å². The normalized spacial score (nSPS) is 17.4. The number of hydrogen-bond donors (Lipinski definition) is 1. The van der Waals surface area contributed by atoms with Crippen molar-refractivity contribution in [3.05, 3.63) is 52.3 Å². The maximum Gasteiger partial charge on any atom is 0.292 e. The molecule has 0 saturated carbocycles. The second kappa shape index (κ2) is 6.78. The van der Waals surface area contributed by atoms with Crippen LogP contribution in [0.15, 0.2) is 41.6 Å². The lowest BCUT2D eigenvalue weighted by Gasteiger charge is -2.35. The number of sulfonamides is 1. The van der Waals surface area contributed by atoms with Crippen molar-refractivity contribution in [3.8, 4) is 0 Å². The van der Waals surface area contributed by atoms with E-state index in [1.54, 1.807) is 12.1 Å². The first-order valence-electron chi connectivity index (χ1n) is 8.68. The van der Waals surface area contributed by atoms with E-state index in [0.717, 1.165) is 24.2 Å². The van der Waals surface area contributed by atoms with Gasteiger partial charge in [-0.1, -0.05) is 0 Å². The number of piperazine rings is 1. The Kier molecular flexibility index (Phi) is 4.44. The van der Waals surface area contributed by atoms with Gasteiger partial charge in [-0.15, -0.1) is 0 Å². The van der Waals surface area contributed by atoms with Crippen molar-refractivity contribution in [2.24, 2.45) is 0 Å². The van der Waals surface area contributed by atoms with Crippen molar-refractivity contribution in [1.82, 2.24) is 9.29 Å². The summed E-state index contributed by atoms with van der Waals surface area (Å²) in [4.78, 5) is 17.1. The third-order valence-electron chi connectivity index (χ3n) is 4.98. The Hall–Kier alpha value is -2.72. The average Bonchev–Trinajstić information content (AvgIpc) is 3.16. The molecule has 27 heavy (non-hydrogen) atoms. The van der Waals surface area contributed by atoms with Crippen LogP contribution in [-0.4, -0.2) is 55.4 Å². The smallest absolute Gasteiger partial charge is 0.292 e. The van der Waals surface area contributed by atoms with Crippen LogP contribution in [0.3, 0.4) is 0 Å². The molecular weight excluding hydrogens is 370 g/mol. The molecule has 0 radical (unpaired) electrons. The number of rotatable bonds is 4. The lowest BCUT2D eigenvalue weighted by Crippen LogP contribution is -2.49. The Morgan fingerprint density at radius 3 is 2.59 bits per heavy atom. The molecule has 3 heterocycles. The Bertz CT molecular complexity index is 972. The first-order chi connectivity index (χ1) is 13.0. The van der Waals surface area contributed by atoms with Gasteiger partial charge in [-0.25, -0.2) is 8.42 Å². The molecule has 1 saturated heterocycles. The predicted octanol–water partition coefficient (Wildman–Crippen LogP) is 1.47. The molecule has 142 valence electrons. The molecule has 1 aromatic heterocycles. The molecule has 0 atom stereocenters. The van der Waals surface area contributed by atoms with Crippen LogP contribution in [0.2, 0.25) is 0 Å². The molecule has 0 bridgehead atoms. The highest BCUT2D eigenvalue weighted by Crippen LogP contribution is 2.40. The van der Waals surface area contributed by atoms with Crippen LogP contribution in [0.5, 0.6) is 0 Å². The maximum atomic E-state index is 12.7. The summed E-state index contributed by atoms with van der Waals surface area (Å²) in [6, 6.07) is 6.38. The number of hydrogen-bond acceptors (Lipinski definition) is 7. The molecule has 1 fully saturated rings. The van der Waals surface area contributed by atoms with E-state index in [-0.39, 0.29) is 28.6 Å². The number of nitrogens with one attached hydrogen (secondary N) is 1. The van der Waals surface area contributed by atoms with Gasteiger partial charge in [-0.05, 0) is 24.6 Å². The van der Waals surface area contributed by atoms with Crippen LogP contribution in [-0.2, 0) is 16.4 Å². The average molecular weight is 389 g/mol. The van der Waals surface area contributed by atoms with E-state index in [0.29, 0.717) is 18.8 Å². The topological polar surface area (TPSA) is 109 Å². The maximum absolute atomic E-state index is 12.7. The quantitative estimate of drug-likeness (QED) is 0.623. The molecule has 2 aromatic rings. The molecule has 0 unspecified atom stereocenters. The van der Waals surface area contributed by atoms with Crippen molar-refractivity contribution in [1.29, 1.82) is 0 Å². The Labute approximate surface area is 156 Å². The lowest BCUT2D eigenvalue weighted by atomic mass is 10.1. The fourth-order valence-electron chi connectivity index (χ4n) is 3.67. The number of nitrogens with zero attached hydrogens (tertiary/aromatic N) is 4. The third kappa shape index (κ3) is 3.10. The minimum atomic E-state index is -3.61. The second-order valence-electron chi connectivity index (χ2n) is 6.47. The number of nitro benzene ring substituents is 1. The van der Waals surface area contributed by atoms with Gasteiger partial charge in [0, 0.05) is 62.4 Å². The van der Waals surface area contributed by atoms with Crippen molar-refractivity contribution < 1.29 is 13.3 Å². The Balaban J connectivity index is 1.59. The summed E-state index contributed by atoms with van der Waals surface area (Å²) < 4.78 is 26.9. The molecule has 0 spiro atoms. The first-order valence-corrected chi connectivity index (χ1v) is 10.1. The van der Waals surface area contributed by atoms with Gasteiger partial charge >= 0.3 is 0 Å². The fourth-order valence-corrected chi connectivity index (χ4v) is 5.05. The van der Waals surface area contributed by atoms with Gasteiger partial charge in [0.2, 0.25) is 10.0 Å². The first kappa shape index (κ1) is 17.7. The molecule has 1 N–H and O–H groups in total. The van der Waals surface area contributed by atoms with Gasteiger partial charge in [0.25, 0.3) is 5.69 Å². The zero-order valence-electron chi connectivity index (χ0n) is 14.5. The SMILES string of the molecule is O=[N+]([O-])c1ccc2c(c1N1CCN(S(=O)(=O)c3cccnc3)CC1)CCN2. The van der Waals surface area contributed by atoms with Crippen LogP contribution in [0.1, 0.15) is 5.56 Å². The Morgan fingerprint density at radius 1 is 1.15 bits per heavy atom. The molecule has 9 nitrogen and oxygen atoms in total. The number of benzene rings is 1. The fraction of sp³-hybridized carbons (Fsp3) is 0.353. The standard InChI is InChI=1S/C17H19N5O4S/c23-22(24)16-4-3-15-14(5-7-19-15)17(16)20-8-10-21(11-9-20)27(25,26)13-2-1-6-18-12-13/h1-4,6,12,19H,5,7-11H2. The molecule has 1 aromatic carbocycles. The summed E-state index contributed by atoms with van der Waals surface area (Å²) in [5, 5.41) is 14.8. The molecular formula is C17H19N5O4S. The van der Waals surface area contributed by atoms with Crippen molar-refractivity contribution in [2.45, 2.75) is 11.3 Å². The number of fused-ring (bicyclic) bond motifs is 1. The summed E-state index contributed by atoms with van der Waals surface area (Å²) in [5.74, 6) is 0. The van der Waals surface area contributed by atoms with Crippen LogP contribution >= 0.6 is 0 Å². The highest BCUT2D eigenvalue weighted by atomic mass is 32.2. The summed E-state index contributed by atoms with van der Waals surface area (Å²) in [7, 11) is -3.61. The highest BCUT2D eigenvalue weighted by Gasteiger charge is 2.33. The van der Waals surface area contributed by atoms with Gasteiger partial charge in [-0.3, -0.25) is 15.1 Å². The molecule has 2 aliphatic heterocycles. The van der Waals surface area contributed by atoms with Crippen molar-refractivity contribution in [2.75, 3.05) is 42.9 Å². The second-order valence-corrected chi connectivity index (χ2v) is 8.41. The monoisotopic (exact) mass is 389 g/mol. The largest absolute Gasteiger partial charge is 0.384 e.